The lowest BCUT2D eigenvalue weighted by atomic mass is 10.1. The van der Waals surface area contributed by atoms with Crippen molar-refractivity contribution in [2.45, 2.75) is 6.10 Å². The Hall–Kier alpha value is -2.04. The van der Waals surface area contributed by atoms with Crippen LogP contribution in [0.2, 0.25) is 0 Å². The van der Waals surface area contributed by atoms with E-state index in [2.05, 4.69) is 26.9 Å². The lowest BCUT2D eigenvalue weighted by Gasteiger charge is -2.23. The zero-order valence-corrected chi connectivity index (χ0v) is 12.9. The van der Waals surface area contributed by atoms with Crippen molar-refractivity contribution in [3.8, 4) is 0 Å². The topological polar surface area (TPSA) is 39.1 Å². The molecular formula is C17H18ClN3O. The minimum Gasteiger partial charge on any atom is -0.387 e. The van der Waals surface area contributed by atoms with E-state index in [4.69, 9.17) is 0 Å². The Labute approximate surface area is 136 Å². The van der Waals surface area contributed by atoms with Crippen LogP contribution in [0, 0.1) is 0 Å². The van der Waals surface area contributed by atoms with Crippen molar-refractivity contribution in [3.63, 3.8) is 0 Å². The molecule has 0 fully saturated rings. The molecule has 0 amide bonds. The van der Waals surface area contributed by atoms with Gasteiger partial charge in [-0.15, -0.1) is 12.4 Å². The summed E-state index contributed by atoms with van der Waals surface area (Å²) in [5.74, 6) is 0.964. The second-order valence-electron chi connectivity index (χ2n) is 5.36. The van der Waals surface area contributed by atoms with Crippen molar-refractivity contribution in [3.05, 3.63) is 60.2 Å². The van der Waals surface area contributed by atoms with Crippen LogP contribution < -0.4 is 9.80 Å². The highest BCUT2D eigenvalue weighted by atomic mass is 35.5. The first-order valence-corrected chi connectivity index (χ1v) is 7.26. The standard InChI is InChI=1S/C17H17N3O.ClH/c21-16(13-6-2-1-3-7-13)12-20-15-9-5-4-8-14(15)19-11-10-18-17(19)20;/h1-9,16,21H,10-12H2;1H. The Balaban J connectivity index is 0.00000144. The van der Waals surface area contributed by atoms with E-state index in [0.29, 0.717) is 6.54 Å². The number of nitrogens with zero attached hydrogens (tertiary/aromatic N) is 3. The molecule has 1 unspecified atom stereocenters. The highest BCUT2D eigenvalue weighted by Crippen LogP contribution is 2.39. The molecule has 2 aliphatic rings. The summed E-state index contributed by atoms with van der Waals surface area (Å²) < 4.78 is 0. The van der Waals surface area contributed by atoms with Crippen LogP contribution in [0.25, 0.3) is 0 Å². The molecule has 1 N–H and O–H groups in total. The number of β-amino-alcohol motifs (C(OH)–C–C–N with tert-alkyl or cyclic N) is 1. The molecule has 22 heavy (non-hydrogen) atoms. The normalized spacial score (nSPS) is 16.7. The van der Waals surface area contributed by atoms with Gasteiger partial charge in [0.2, 0.25) is 5.96 Å². The van der Waals surface area contributed by atoms with Crippen LogP contribution in [-0.4, -0.2) is 30.7 Å². The molecule has 2 aromatic carbocycles. The van der Waals surface area contributed by atoms with E-state index in [1.165, 1.54) is 5.69 Å². The third-order valence-corrected chi connectivity index (χ3v) is 4.06. The fourth-order valence-corrected chi connectivity index (χ4v) is 3.06. The molecular weight excluding hydrogens is 298 g/mol. The van der Waals surface area contributed by atoms with Gasteiger partial charge in [0.15, 0.2) is 0 Å². The molecule has 2 aliphatic heterocycles. The summed E-state index contributed by atoms with van der Waals surface area (Å²) in [6.45, 7) is 2.27. The van der Waals surface area contributed by atoms with Crippen LogP contribution in [-0.2, 0) is 0 Å². The van der Waals surface area contributed by atoms with Crippen molar-refractivity contribution in [1.82, 2.24) is 0 Å². The van der Waals surface area contributed by atoms with Crippen LogP contribution in [0.1, 0.15) is 11.7 Å². The fraction of sp³-hybridized carbons (Fsp3) is 0.235. The summed E-state index contributed by atoms with van der Waals surface area (Å²) in [7, 11) is 0. The third kappa shape index (κ3) is 2.34. The van der Waals surface area contributed by atoms with Crippen LogP contribution in [0.4, 0.5) is 11.4 Å². The van der Waals surface area contributed by atoms with Gasteiger partial charge in [0.25, 0.3) is 0 Å². The maximum absolute atomic E-state index is 10.5. The minimum absolute atomic E-state index is 0. The molecule has 114 valence electrons. The van der Waals surface area contributed by atoms with Gasteiger partial charge in [-0.1, -0.05) is 42.5 Å². The molecule has 0 radical (unpaired) electrons. The molecule has 0 saturated carbocycles. The van der Waals surface area contributed by atoms with Crippen LogP contribution >= 0.6 is 12.4 Å². The largest absolute Gasteiger partial charge is 0.387 e. The third-order valence-electron chi connectivity index (χ3n) is 4.06. The fourth-order valence-electron chi connectivity index (χ4n) is 3.06. The number of rotatable bonds is 3. The number of fused-ring (bicyclic) bond motifs is 3. The molecule has 2 aromatic rings. The lowest BCUT2D eigenvalue weighted by molar-refractivity contribution is 0.187. The molecule has 4 nitrogen and oxygen atoms in total. The van der Waals surface area contributed by atoms with Crippen LogP contribution in [0.3, 0.4) is 0 Å². The van der Waals surface area contributed by atoms with E-state index in [1.807, 2.05) is 42.5 Å². The summed E-state index contributed by atoms with van der Waals surface area (Å²) in [6, 6.07) is 18.1. The van der Waals surface area contributed by atoms with E-state index in [0.717, 1.165) is 30.3 Å². The Morgan fingerprint density at radius 2 is 1.68 bits per heavy atom. The monoisotopic (exact) mass is 315 g/mol. The van der Waals surface area contributed by atoms with Crippen LogP contribution in [0.5, 0.6) is 0 Å². The maximum atomic E-state index is 10.5. The number of benzene rings is 2. The zero-order valence-electron chi connectivity index (χ0n) is 12.1. The molecule has 0 aromatic heterocycles. The number of aliphatic hydroxyl groups is 1. The molecule has 0 aliphatic carbocycles. The van der Waals surface area contributed by atoms with E-state index in [9.17, 15) is 5.11 Å². The number of aliphatic hydroxyl groups excluding tert-OH is 1. The molecule has 0 bridgehead atoms. The lowest BCUT2D eigenvalue weighted by Crippen LogP contribution is -2.37. The number of hydrogen-bond donors (Lipinski definition) is 1. The van der Waals surface area contributed by atoms with Gasteiger partial charge >= 0.3 is 0 Å². The van der Waals surface area contributed by atoms with Gasteiger partial charge in [-0.3, -0.25) is 4.99 Å². The Morgan fingerprint density at radius 1 is 1.00 bits per heavy atom. The summed E-state index contributed by atoms with van der Waals surface area (Å²) in [5, 5.41) is 10.5. The van der Waals surface area contributed by atoms with Crippen molar-refractivity contribution in [2.24, 2.45) is 4.99 Å². The van der Waals surface area contributed by atoms with Gasteiger partial charge in [0.05, 0.1) is 30.6 Å². The smallest absolute Gasteiger partial charge is 0.206 e. The Morgan fingerprint density at radius 3 is 2.45 bits per heavy atom. The number of para-hydroxylation sites is 2. The number of halogens is 1. The SMILES string of the molecule is Cl.OC(CN1C2=NCCN2c2ccccc21)c1ccccc1. The highest BCUT2D eigenvalue weighted by Gasteiger charge is 2.35. The number of aliphatic imine (C=N–C) groups is 1. The van der Waals surface area contributed by atoms with E-state index < -0.39 is 6.10 Å². The van der Waals surface area contributed by atoms with Crippen LogP contribution in [0.15, 0.2) is 59.6 Å². The molecule has 2 heterocycles. The Bertz CT molecular complexity index is 689. The number of anilines is 2. The van der Waals surface area contributed by atoms with E-state index in [-0.39, 0.29) is 12.4 Å². The van der Waals surface area contributed by atoms with Crippen molar-refractivity contribution >= 4 is 29.7 Å². The van der Waals surface area contributed by atoms with Gasteiger partial charge in [0, 0.05) is 6.54 Å². The first kappa shape index (κ1) is 14.9. The summed E-state index contributed by atoms with van der Waals surface area (Å²) in [4.78, 5) is 8.95. The average Bonchev–Trinajstić information content (AvgIpc) is 3.11. The average molecular weight is 316 g/mol. The first-order chi connectivity index (χ1) is 10.3. The quantitative estimate of drug-likeness (QED) is 0.946. The van der Waals surface area contributed by atoms with Gasteiger partial charge in [-0.2, -0.15) is 0 Å². The van der Waals surface area contributed by atoms with E-state index in [1.54, 1.807) is 0 Å². The first-order valence-electron chi connectivity index (χ1n) is 7.26. The molecule has 0 saturated heterocycles. The predicted molar refractivity (Wildman–Crippen MR) is 92.1 cm³/mol. The minimum atomic E-state index is -0.525. The number of hydrogen-bond acceptors (Lipinski definition) is 4. The van der Waals surface area contributed by atoms with Gasteiger partial charge < -0.3 is 14.9 Å². The van der Waals surface area contributed by atoms with Gasteiger partial charge in [0.1, 0.15) is 0 Å². The second-order valence-corrected chi connectivity index (χ2v) is 5.36. The highest BCUT2D eigenvalue weighted by molar-refractivity contribution is 6.17. The van der Waals surface area contributed by atoms with Crippen molar-refractivity contribution < 1.29 is 5.11 Å². The van der Waals surface area contributed by atoms with Gasteiger partial charge in [-0.25, -0.2) is 0 Å². The molecule has 1 atom stereocenters. The summed E-state index contributed by atoms with van der Waals surface area (Å²) in [6.07, 6.45) is -0.525. The Kier molecular flexibility index (Phi) is 4.05. The van der Waals surface area contributed by atoms with Crippen molar-refractivity contribution in [1.29, 1.82) is 0 Å². The van der Waals surface area contributed by atoms with Crippen molar-refractivity contribution in [2.75, 3.05) is 29.4 Å². The maximum Gasteiger partial charge on any atom is 0.206 e. The second kappa shape index (κ2) is 5.99. The summed E-state index contributed by atoms with van der Waals surface area (Å²) >= 11 is 0. The number of guanidine groups is 1. The molecule has 5 heteroatoms. The zero-order chi connectivity index (χ0) is 14.2. The molecule has 0 spiro atoms. The predicted octanol–water partition coefficient (Wildman–Crippen LogP) is 2.84. The van der Waals surface area contributed by atoms with E-state index >= 15 is 0 Å². The van der Waals surface area contributed by atoms with Gasteiger partial charge in [-0.05, 0) is 17.7 Å². The summed E-state index contributed by atoms with van der Waals surface area (Å²) in [5.41, 5.74) is 3.26. The molecule has 4 rings (SSSR count).